The van der Waals surface area contributed by atoms with E-state index in [0.29, 0.717) is 0 Å². The van der Waals surface area contributed by atoms with Crippen LogP contribution in [0.1, 0.15) is 0 Å². The molecule has 0 atom stereocenters. The number of carbonyl (C=O) groups is 1. The Hall–Kier alpha value is -0.780. The van der Waals surface area contributed by atoms with E-state index in [1.165, 1.54) is 0 Å². The van der Waals surface area contributed by atoms with E-state index >= 15 is 0 Å². The number of alkyl halides is 3. The van der Waals surface area contributed by atoms with Gasteiger partial charge >= 0.3 is 12.1 Å². The van der Waals surface area contributed by atoms with Gasteiger partial charge in [-0.2, -0.15) is 19.1 Å². The first kappa shape index (κ1) is 7.22. The standard InChI is InChI=1S/C2H2F3NO2/c3-2(4,5)1(7)8-6/h6H2. The van der Waals surface area contributed by atoms with Crippen LogP contribution in [0.25, 0.3) is 0 Å². The molecule has 0 heterocycles. The van der Waals surface area contributed by atoms with E-state index in [2.05, 4.69) is 10.7 Å². The van der Waals surface area contributed by atoms with E-state index in [-0.39, 0.29) is 0 Å². The van der Waals surface area contributed by atoms with Crippen molar-refractivity contribution in [3.8, 4) is 0 Å². The summed E-state index contributed by atoms with van der Waals surface area (Å²) in [5.41, 5.74) is 0. The van der Waals surface area contributed by atoms with Crippen molar-refractivity contribution in [2.24, 2.45) is 5.90 Å². The summed E-state index contributed by atoms with van der Waals surface area (Å²) in [4.78, 5) is 12.2. The van der Waals surface area contributed by atoms with Gasteiger partial charge in [-0.25, -0.2) is 4.79 Å². The van der Waals surface area contributed by atoms with Crippen molar-refractivity contribution in [1.82, 2.24) is 0 Å². The van der Waals surface area contributed by atoms with Gasteiger partial charge in [0.2, 0.25) is 0 Å². The summed E-state index contributed by atoms with van der Waals surface area (Å²) in [6.45, 7) is 0. The maximum Gasteiger partial charge on any atom is 0.492 e. The molecule has 0 aromatic carbocycles. The average Bonchev–Trinajstić information content (AvgIpc) is 1.62. The second kappa shape index (κ2) is 1.99. The van der Waals surface area contributed by atoms with E-state index in [0.717, 1.165) is 0 Å². The van der Waals surface area contributed by atoms with Gasteiger partial charge < -0.3 is 4.84 Å². The van der Waals surface area contributed by atoms with Crippen LogP contribution in [0.2, 0.25) is 0 Å². The third kappa shape index (κ3) is 1.78. The van der Waals surface area contributed by atoms with Crippen LogP contribution < -0.4 is 5.90 Å². The number of hydrogen-bond acceptors (Lipinski definition) is 3. The first-order chi connectivity index (χ1) is 3.48. The van der Waals surface area contributed by atoms with Gasteiger partial charge in [-0.3, -0.25) is 0 Å². The quantitative estimate of drug-likeness (QED) is 0.467. The number of carbonyl (C=O) groups excluding carboxylic acids is 1. The van der Waals surface area contributed by atoms with Gasteiger partial charge in [-0.05, 0) is 0 Å². The summed E-state index contributed by atoms with van der Waals surface area (Å²) in [7, 11) is 0. The van der Waals surface area contributed by atoms with Crippen LogP contribution in [-0.2, 0) is 9.63 Å². The van der Waals surface area contributed by atoms with Gasteiger partial charge in [0, 0.05) is 0 Å². The van der Waals surface area contributed by atoms with E-state index in [1.54, 1.807) is 0 Å². The van der Waals surface area contributed by atoms with Crippen LogP contribution in [0.3, 0.4) is 0 Å². The normalized spacial score (nSPS) is 11.0. The van der Waals surface area contributed by atoms with Crippen molar-refractivity contribution >= 4 is 5.97 Å². The Balaban J connectivity index is 3.82. The molecule has 0 aliphatic carbocycles. The number of nitrogens with two attached hydrogens (primary N) is 1. The lowest BCUT2D eigenvalue weighted by Crippen LogP contribution is -2.27. The Bertz CT molecular complexity index is 97.9. The molecule has 0 bridgehead atoms. The highest BCUT2D eigenvalue weighted by Crippen LogP contribution is 2.14. The predicted molar refractivity (Wildman–Crippen MR) is 16.3 cm³/mol. The van der Waals surface area contributed by atoms with Crippen LogP contribution in [0, 0.1) is 0 Å². The van der Waals surface area contributed by atoms with Crippen molar-refractivity contribution in [3.63, 3.8) is 0 Å². The summed E-state index contributed by atoms with van der Waals surface area (Å²) in [6.07, 6.45) is -4.98. The van der Waals surface area contributed by atoms with Gasteiger partial charge in [-0.15, -0.1) is 0 Å². The molecule has 0 rings (SSSR count). The number of hydrogen-bond donors (Lipinski definition) is 1. The summed E-state index contributed by atoms with van der Waals surface area (Å²) >= 11 is 0. The Morgan fingerprint density at radius 3 is 1.88 bits per heavy atom. The van der Waals surface area contributed by atoms with Crippen LogP contribution >= 0.6 is 0 Å². The summed E-state index contributed by atoms with van der Waals surface area (Å²) < 4.78 is 32.7. The molecule has 0 aromatic rings. The van der Waals surface area contributed by atoms with Crippen molar-refractivity contribution < 1.29 is 22.8 Å². The van der Waals surface area contributed by atoms with Crippen molar-refractivity contribution in [2.75, 3.05) is 0 Å². The Kier molecular flexibility index (Phi) is 1.80. The first-order valence-electron chi connectivity index (χ1n) is 1.46. The third-order valence-corrected chi connectivity index (χ3v) is 0.338. The predicted octanol–water partition coefficient (Wildman–Crippen LogP) is -0.0344. The average molecular weight is 129 g/mol. The minimum Gasteiger partial charge on any atom is -0.367 e. The van der Waals surface area contributed by atoms with Crippen molar-refractivity contribution in [3.05, 3.63) is 0 Å². The fourth-order valence-corrected chi connectivity index (χ4v) is 0.0668. The van der Waals surface area contributed by atoms with Gasteiger partial charge in [0.1, 0.15) is 0 Å². The largest absolute Gasteiger partial charge is 0.492 e. The maximum absolute atomic E-state index is 10.9. The lowest BCUT2D eigenvalue weighted by Gasteiger charge is -1.98. The lowest BCUT2D eigenvalue weighted by atomic mass is 10.7. The Morgan fingerprint density at radius 1 is 1.50 bits per heavy atom. The maximum atomic E-state index is 10.9. The van der Waals surface area contributed by atoms with Gasteiger partial charge in [-0.1, -0.05) is 0 Å². The van der Waals surface area contributed by atoms with Gasteiger partial charge in [0.25, 0.3) is 0 Å². The summed E-state index contributed by atoms with van der Waals surface area (Å²) in [5.74, 6) is 1.50. The summed E-state index contributed by atoms with van der Waals surface area (Å²) in [5, 5.41) is 0. The minimum atomic E-state index is -4.98. The van der Waals surface area contributed by atoms with Gasteiger partial charge in [0.05, 0.1) is 0 Å². The highest BCUT2D eigenvalue weighted by Gasteiger charge is 2.40. The molecule has 0 spiro atoms. The van der Waals surface area contributed by atoms with Crippen LogP contribution in [0.15, 0.2) is 0 Å². The van der Waals surface area contributed by atoms with E-state index in [4.69, 9.17) is 0 Å². The topological polar surface area (TPSA) is 52.3 Å². The van der Waals surface area contributed by atoms with E-state index in [9.17, 15) is 18.0 Å². The first-order valence-corrected chi connectivity index (χ1v) is 1.46. The zero-order valence-electron chi connectivity index (χ0n) is 3.53. The molecule has 0 saturated heterocycles. The fraction of sp³-hybridized carbons (Fsp3) is 0.500. The highest BCUT2D eigenvalue weighted by atomic mass is 19.4. The molecule has 0 saturated carbocycles. The minimum absolute atomic E-state index is 2.39. The molecule has 0 fully saturated rings. The molecule has 8 heavy (non-hydrogen) atoms. The smallest absolute Gasteiger partial charge is 0.367 e. The molecule has 0 aliphatic rings. The molecule has 0 aromatic heterocycles. The fourth-order valence-electron chi connectivity index (χ4n) is 0.0668. The molecule has 0 radical (unpaired) electrons. The monoisotopic (exact) mass is 129 g/mol. The molecule has 0 unspecified atom stereocenters. The van der Waals surface area contributed by atoms with Crippen LogP contribution in [0.4, 0.5) is 13.2 Å². The van der Waals surface area contributed by atoms with Crippen LogP contribution in [0.5, 0.6) is 0 Å². The molecular weight excluding hydrogens is 127 g/mol. The van der Waals surface area contributed by atoms with Crippen LogP contribution in [-0.4, -0.2) is 12.1 Å². The molecule has 2 N–H and O–H groups in total. The molecule has 0 amide bonds. The second-order valence-electron chi connectivity index (χ2n) is 0.903. The zero-order chi connectivity index (χ0) is 6.78. The Labute approximate surface area is 42.2 Å². The second-order valence-corrected chi connectivity index (χ2v) is 0.903. The third-order valence-electron chi connectivity index (χ3n) is 0.338. The number of rotatable bonds is 0. The molecule has 48 valence electrons. The SMILES string of the molecule is NOC(=O)C(F)(F)F. The zero-order valence-corrected chi connectivity index (χ0v) is 3.53. The van der Waals surface area contributed by atoms with E-state index < -0.39 is 12.1 Å². The van der Waals surface area contributed by atoms with E-state index in [1.807, 2.05) is 0 Å². The van der Waals surface area contributed by atoms with Crippen molar-refractivity contribution in [1.29, 1.82) is 0 Å². The lowest BCUT2D eigenvalue weighted by molar-refractivity contribution is -0.200. The molecule has 3 nitrogen and oxygen atoms in total. The van der Waals surface area contributed by atoms with Gasteiger partial charge in [0.15, 0.2) is 0 Å². The summed E-state index contributed by atoms with van der Waals surface area (Å²) in [6, 6.07) is 0. The number of halogens is 3. The Morgan fingerprint density at radius 2 is 1.88 bits per heavy atom. The molecular formula is C2H2F3NO2. The highest BCUT2D eigenvalue weighted by molar-refractivity contribution is 5.75. The van der Waals surface area contributed by atoms with Crippen molar-refractivity contribution in [2.45, 2.75) is 6.18 Å². The molecule has 0 aliphatic heterocycles. The molecule has 6 heteroatoms.